The normalized spacial score (nSPS) is 17.0. The summed E-state index contributed by atoms with van der Waals surface area (Å²) in [4.78, 5) is 24.0. The number of hydrogen-bond acceptors (Lipinski definition) is 3. The topological polar surface area (TPSA) is 70.2 Å². The van der Waals surface area contributed by atoms with Crippen molar-refractivity contribution in [1.29, 1.82) is 0 Å². The van der Waals surface area contributed by atoms with Crippen LogP contribution in [-0.4, -0.2) is 30.4 Å². The first-order valence-electron chi connectivity index (χ1n) is 8.27. The monoisotopic (exact) mass is 353 g/mol. The van der Waals surface area contributed by atoms with Crippen LogP contribution in [0.15, 0.2) is 24.3 Å². The molecule has 1 aliphatic rings. The lowest BCUT2D eigenvalue weighted by Gasteiger charge is -2.20. The van der Waals surface area contributed by atoms with Crippen LogP contribution in [0.2, 0.25) is 0 Å². The fourth-order valence-corrected chi connectivity index (χ4v) is 2.64. The highest BCUT2D eigenvalue weighted by Gasteiger charge is 2.16. The summed E-state index contributed by atoms with van der Waals surface area (Å²) in [6.45, 7) is 7.91. The van der Waals surface area contributed by atoms with Crippen LogP contribution in [0.1, 0.15) is 50.4 Å². The molecule has 1 fully saturated rings. The van der Waals surface area contributed by atoms with E-state index in [1.54, 1.807) is 24.3 Å². The molecular weight excluding hydrogens is 326 g/mol. The first-order chi connectivity index (χ1) is 10.8. The lowest BCUT2D eigenvalue weighted by molar-refractivity contribution is -0.116. The van der Waals surface area contributed by atoms with E-state index >= 15 is 0 Å². The van der Waals surface area contributed by atoms with Crippen molar-refractivity contribution in [3.05, 3.63) is 29.8 Å². The van der Waals surface area contributed by atoms with E-state index in [9.17, 15) is 9.59 Å². The maximum absolute atomic E-state index is 12.0. The maximum Gasteiger partial charge on any atom is 0.251 e. The first-order valence-corrected chi connectivity index (χ1v) is 8.27. The van der Waals surface area contributed by atoms with Gasteiger partial charge in [-0.15, -0.1) is 12.4 Å². The van der Waals surface area contributed by atoms with Crippen molar-refractivity contribution in [2.24, 2.45) is 5.92 Å². The van der Waals surface area contributed by atoms with Gasteiger partial charge >= 0.3 is 0 Å². The highest BCUT2D eigenvalue weighted by molar-refractivity contribution is 5.96. The molecule has 1 heterocycles. The molecule has 0 aromatic heterocycles. The maximum atomic E-state index is 12.0. The van der Waals surface area contributed by atoms with Crippen LogP contribution in [0, 0.1) is 5.92 Å². The molecule has 5 nitrogen and oxygen atoms in total. The van der Waals surface area contributed by atoms with Crippen molar-refractivity contribution in [3.8, 4) is 0 Å². The van der Waals surface area contributed by atoms with Crippen LogP contribution in [0.5, 0.6) is 0 Å². The van der Waals surface area contributed by atoms with Crippen molar-refractivity contribution >= 4 is 29.9 Å². The number of carbonyl (C=O) groups is 2. The van der Waals surface area contributed by atoms with Crippen LogP contribution < -0.4 is 16.0 Å². The smallest absolute Gasteiger partial charge is 0.251 e. The number of benzene rings is 1. The molecule has 1 unspecified atom stereocenters. The molecule has 0 saturated carbocycles. The summed E-state index contributed by atoms with van der Waals surface area (Å²) < 4.78 is 0. The molecular formula is C18H28ClN3O2. The third kappa shape index (κ3) is 6.89. The molecule has 1 aromatic rings. The summed E-state index contributed by atoms with van der Waals surface area (Å²) >= 11 is 0. The second kappa shape index (κ2) is 9.04. The van der Waals surface area contributed by atoms with E-state index in [4.69, 9.17) is 0 Å². The van der Waals surface area contributed by atoms with E-state index in [-0.39, 0.29) is 29.8 Å². The molecule has 1 aliphatic heterocycles. The van der Waals surface area contributed by atoms with Gasteiger partial charge in [0.15, 0.2) is 0 Å². The Morgan fingerprint density at radius 2 is 1.88 bits per heavy atom. The fraction of sp³-hybridized carbons (Fsp3) is 0.556. The molecule has 2 amide bonds. The summed E-state index contributed by atoms with van der Waals surface area (Å²) in [6.07, 6.45) is 2.62. The van der Waals surface area contributed by atoms with E-state index in [0.29, 0.717) is 17.9 Å². The molecule has 0 aliphatic carbocycles. The zero-order valence-electron chi connectivity index (χ0n) is 14.6. The highest BCUT2D eigenvalue weighted by Crippen LogP contribution is 2.16. The molecule has 1 saturated heterocycles. The van der Waals surface area contributed by atoms with Gasteiger partial charge in [0, 0.05) is 23.2 Å². The Morgan fingerprint density at radius 3 is 2.42 bits per heavy atom. The Morgan fingerprint density at radius 1 is 1.21 bits per heavy atom. The predicted octanol–water partition coefficient (Wildman–Crippen LogP) is 2.96. The Bertz CT molecular complexity index is 546. The van der Waals surface area contributed by atoms with E-state index in [1.165, 1.54) is 0 Å². The summed E-state index contributed by atoms with van der Waals surface area (Å²) in [5.41, 5.74) is 1.06. The summed E-state index contributed by atoms with van der Waals surface area (Å²) in [5, 5.41) is 9.11. The molecule has 0 radical (unpaired) electrons. The zero-order chi connectivity index (χ0) is 16.9. The fourth-order valence-electron chi connectivity index (χ4n) is 2.64. The standard InChI is InChI=1S/C18H27N3O2.ClH/c1-18(2,3)21-17(23)14-5-7-15(8-6-14)20-16(22)9-4-13-10-11-19-12-13;/h5-8,13,19H,4,9-12H2,1-3H3,(H,20,22)(H,21,23);1H. The lowest BCUT2D eigenvalue weighted by Crippen LogP contribution is -2.40. The average Bonchev–Trinajstić information content (AvgIpc) is 2.97. The summed E-state index contributed by atoms with van der Waals surface area (Å²) in [5.74, 6) is 0.539. The minimum Gasteiger partial charge on any atom is -0.347 e. The molecule has 0 spiro atoms. The first kappa shape index (κ1) is 20.5. The number of anilines is 1. The molecule has 2 rings (SSSR count). The second-order valence-electron chi connectivity index (χ2n) is 7.23. The minimum atomic E-state index is -0.265. The average molecular weight is 354 g/mol. The third-order valence-corrected chi connectivity index (χ3v) is 3.86. The van der Waals surface area contributed by atoms with Gasteiger partial charge in [0.25, 0.3) is 5.91 Å². The van der Waals surface area contributed by atoms with E-state index in [0.717, 1.165) is 31.6 Å². The van der Waals surface area contributed by atoms with Crippen LogP contribution >= 0.6 is 12.4 Å². The number of halogens is 1. The van der Waals surface area contributed by atoms with Gasteiger partial charge in [0.2, 0.25) is 5.91 Å². The second-order valence-corrected chi connectivity index (χ2v) is 7.23. The predicted molar refractivity (Wildman–Crippen MR) is 99.7 cm³/mol. The molecule has 0 bridgehead atoms. The quantitative estimate of drug-likeness (QED) is 0.762. The van der Waals surface area contributed by atoms with Crippen LogP contribution in [0.3, 0.4) is 0 Å². The molecule has 6 heteroatoms. The van der Waals surface area contributed by atoms with Gasteiger partial charge in [0.1, 0.15) is 0 Å². The molecule has 1 aromatic carbocycles. The van der Waals surface area contributed by atoms with E-state index in [1.807, 2.05) is 20.8 Å². The Balaban J connectivity index is 0.00000288. The Kier molecular flexibility index (Phi) is 7.70. The largest absolute Gasteiger partial charge is 0.347 e. The van der Waals surface area contributed by atoms with Gasteiger partial charge < -0.3 is 16.0 Å². The van der Waals surface area contributed by atoms with Gasteiger partial charge in [-0.2, -0.15) is 0 Å². The van der Waals surface area contributed by atoms with Crippen molar-refractivity contribution in [1.82, 2.24) is 10.6 Å². The van der Waals surface area contributed by atoms with Crippen molar-refractivity contribution < 1.29 is 9.59 Å². The number of hydrogen-bond donors (Lipinski definition) is 3. The Labute approximate surface area is 150 Å². The lowest BCUT2D eigenvalue weighted by atomic mass is 10.0. The van der Waals surface area contributed by atoms with Gasteiger partial charge in [-0.3, -0.25) is 9.59 Å². The summed E-state index contributed by atoms with van der Waals surface area (Å²) in [7, 11) is 0. The number of rotatable bonds is 5. The number of amides is 2. The van der Waals surface area contributed by atoms with E-state index in [2.05, 4.69) is 16.0 Å². The third-order valence-electron chi connectivity index (χ3n) is 3.86. The van der Waals surface area contributed by atoms with Crippen LogP contribution in [0.4, 0.5) is 5.69 Å². The highest BCUT2D eigenvalue weighted by atomic mass is 35.5. The van der Waals surface area contributed by atoms with E-state index < -0.39 is 0 Å². The van der Waals surface area contributed by atoms with Crippen molar-refractivity contribution in [2.45, 2.75) is 45.6 Å². The molecule has 134 valence electrons. The minimum absolute atomic E-state index is 0. The van der Waals surface area contributed by atoms with Gasteiger partial charge in [-0.1, -0.05) is 0 Å². The SMILES string of the molecule is CC(C)(C)NC(=O)c1ccc(NC(=O)CCC2CCNC2)cc1.Cl. The number of nitrogens with one attached hydrogen (secondary N) is 3. The van der Waals surface area contributed by atoms with Crippen molar-refractivity contribution in [3.63, 3.8) is 0 Å². The van der Waals surface area contributed by atoms with Gasteiger partial charge in [-0.05, 0) is 76.9 Å². The van der Waals surface area contributed by atoms with Gasteiger partial charge in [0.05, 0.1) is 0 Å². The number of carbonyl (C=O) groups excluding carboxylic acids is 2. The van der Waals surface area contributed by atoms with Crippen LogP contribution in [-0.2, 0) is 4.79 Å². The Hall–Kier alpha value is -1.59. The van der Waals surface area contributed by atoms with Gasteiger partial charge in [-0.25, -0.2) is 0 Å². The molecule has 3 N–H and O–H groups in total. The molecule has 1 atom stereocenters. The van der Waals surface area contributed by atoms with Crippen LogP contribution in [0.25, 0.3) is 0 Å². The summed E-state index contributed by atoms with van der Waals surface area (Å²) in [6, 6.07) is 7.01. The molecule has 24 heavy (non-hydrogen) atoms. The van der Waals surface area contributed by atoms with Crippen molar-refractivity contribution in [2.75, 3.05) is 18.4 Å². The zero-order valence-corrected chi connectivity index (χ0v) is 15.5.